The average Bonchev–Trinajstić information content (AvgIpc) is 3.83. The quantitative estimate of drug-likeness (QED) is 0.128. The second-order valence-electron chi connectivity index (χ2n) is 14.7. The van der Waals surface area contributed by atoms with Crippen LogP contribution in [-0.4, -0.2) is 39.3 Å². The lowest BCUT2D eigenvalue weighted by Crippen LogP contribution is -2.38. The number of aryl methyl sites for hydroxylation is 1. The van der Waals surface area contributed by atoms with Crippen LogP contribution in [0, 0.1) is 52.9 Å². The molecule has 4 aromatic carbocycles. The fourth-order valence-corrected chi connectivity index (χ4v) is 6.52. The zero-order chi connectivity index (χ0) is 42.4. The molecule has 0 atom stereocenters. The highest BCUT2D eigenvalue weighted by atomic mass is 19.1. The summed E-state index contributed by atoms with van der Waals surface area (Å²) in [7, 11) is 0. The molecule has 294 valence electrons. The molecule has 2 N–H and O–H groups in total. The lowest BCUT2D eigenvalue weighted by atomic mass is 9.96. The second kappa shape index (κ2) is 15.2. The SMILES string of the molecule is CC(C)(O)c1cnn2c(nc[n+]2-c2ccc(F)c(-c3c(F)cccc3C#N)c2)n1.Cc1ccc(-c2cc(-c3cnc4c(F)c(C(C)(C)O)ccn34)ccc2F)c(C#N)c1. The Morgan fingerprint density at radius 2 is 1.46 bits per heavy atom. The third kappa shape index (κ3) is 7.60. The number of aliphatic hydroxyl groups is 2. The monoisotopic (exact) mass is 796 g/mol. The van der Waals surface area contributed by atoms with Gasteiger partial charge in [-0.25, -0.2) is 22.5 Å². The molecule has 0 bridgehead atoms. The maximum absolute atomic E-state index is 14.9. The van der Waals surface area contributed by atoms with Crippen molar-refractivity contribution < 1.29 is 32.5 Å². The molecule has 0 aliphatic carbocycles. The van der Waals surface area contributed by atoms with Crippen molar-refractivity contribution >= 4 is 11.4 Å². The summed E-state index contributed by atoms with van der Waals surface area (Å²) in [6.07, 6.45) is 5.96. The Morgan fingerprint density at radius 1 is 0.729 bits per heavy atom. The molecular weight excluding hydrogens is 763 g/mol. The molecule has 0 spiro atoms. The Balaban J connectivity index is 0.000000179. The van der Waals surface area contributed by atoms with E-state index in [1.165, 1.54) is 90.4 Å². The van der Waals surface area contributed by atoms with Gasteiger partial charge >= 0.3 is 5.78 Å². The lowest BCUT2D eigenvalue weighted by Gasteiger charge is -2.18. The summed E-state index contributed by atoms with van der Waals surface area (Å²) in [6.45, 7) is 8.04. The third-order valence-corrected chi connectivity index (χ3v) is 9.55. The highest BCUT2D eigenvalue weighted by Gasteiger charge is 2.26. The number of nitrogens with zero attached hydrogens (tertiary/aromatic N) is 9. The van der Waals surface area contributed by atoms with Gasteiger partial charge in [0.05, 0.1) is 40.8 Å². The van der Waals surface area contributed by atoms with Gasteiger partial charge in [-0.1, -0.05) is 23.2 Å². The first-order chi connectivity index (χ1) is 28.0. The van der Waals surface area contributed by atoms with Crippen LogP contribution < -0.4 is 4.68 Å². The van der Waals surface area contributed by atoms with Gasteiger partial charge < -0.3 is 10.2 Å². The standard InChI is InChI=1S/C24H19F2N3O.C20H15F2N6O/c1-14-4-6-17(16(10-14)12-27)18-11-15(5-7-20(18)25)21-13-28-23-22(26)19(24(2,3)30)8-9-29(21)23;1-20(2,29)17-10-25-28-19(26-17)24-11-27(28)13-6-7-15(21)14(8-13)18-12(9-23)4-3-5-16(18)22/h4-11,13,30H,1-3H3;3-8,10-11,29H,1-2H3/q;+1. The second-order valence-corrected chi connectivity index (χ2v) is 14.7. The van der Waals surface area contributed by atoms with Crippen molar-refractivity contribution in [2.45, 2.75) is 45.8 Å². The van der Waals surface area contributed by atoms with Crippen molar-refractivity contribution in [1.82, 2.24) is 29.1 Å². The van der Waals surface area contributed by atoms with Crippen LogP contribution in [-0.2, 0) is 11.2 Å². The normalized spacial score (nSPS) is 11.6. The van der Waals surface area contributed by atoms with E-state index in [1.807, 2.05) is 19.1 Å². The summed E-state index contributed by atoms with van der Waals surface area (Å²) >= 11 is 0. The molecule has 0 aliphatic rings. The van der Waals surface area contributed by atoms with Crippen molar-refractivity contribution in [2.24, 2.45) is 0 Å². The molecule has 0 amide bonds. The van der Waals surface area contributed by atoms with Crippen LogP contribution in [0.25, 0.3) is 50.6 Å². The van der Waals surface area contributed by atoms with Crippen LogP contribution >= 0.6 is 0 Å². The molecule has 0 fully saturated rings. The molecule has 4 heterocycles. The van der Waals surface area contributed by atoms with Crippen LogP contribution in [0.15, 0.2) is 104 Å². The van der Waals surface area contributed by atoms with Gasteiger partial charge in [0.25, 0.3) is 6.33 Å². The van der Waals surface area contributed by atoms with Crippen LogP contribution in [0.4, 0.5) is 17.6 Å². The fourth-order valence-electron chi connectivity index (χ4n) is 6.52. The molecule has 4 aromatic heterocycles. The largest absolute Gasteiger partial charge is 0.386 e. The van der Waals surface area contributed by atoms with E-state index in [-0.39, 0.29) is 39.2 Å². The number of hydrogen-bond donors (Lipinski definition) is 2. The average molecular weight is 797 g/mol. The summed E-state index contributed by atoms with van der Waals surface area (Å²) in [5, 5.41) is 43.2. The maximum atomic E-state index is 14.9. The van der Waals surface area contributed by atoms with E-state index in [4.69, 9.17) is 0 Å². The van der Waals surface area contributed by atoms with Crippen molar-refractivity contribution in [1.29, 1.82) is 10.5 Å². The Hall–Kier alpha value is -7.33. The number of imidazole rings is 1. The minimum Gasteiger partial charge on any atom is -0.386 e. The Kier molecular flexibility index (Phi) is 10.3. The number of aromatic nitrogens is 7. The van der Waals surface area contributed by atoms with Gasteiger partial charge in [0, 0.05) is 39.6 Å². The molecule has 0 saturated heterocycles. The van der Waals surface area contributed by atoms with Crippen molar-refractivity contribution in [2.75, 3.05) is 0 Å². The predicted octanol–water partition coefficient (Wildman–Crippen LogP) is 7.80. The van der Waals surface area contributed by atoms with Crippen molar-refractivity contribution in [3.63, 3.8) is 0 Å². The lowest BCUT2D eigenvalue weighted by molar-refractivity contribution is -0.675. The number of nitriles is 2. The molecule has 59 heavy (non-hydrogen) atoms. The van der Waals surface area contributed by atoms with E-state index >= 15 is 0 Å². The number of pyridine rings is 1. The topological polar surface area (TPSA) is 152 Å². The molecule has 0 unspecified atom stereocenters. The minimum atomic E-state index is -1.35. The smallest absolute Gasteiger partial charge is 0.370 e. The summed E-state index contributed by atoms with van der Waals surface area (Å²) in [4.78, 5) is 12.6. The van der Waals surface area contributed by atoms with E-state index in [0.29, 0.717) is 33.8 Å². The van der Waals surface area contributed by atoms with Crippen LogP contribution in [0.1, 0.15) is 55.6 Å². The highest BCUT2D eigenvalue weighted by molar-refractivity contribution is 5.77. The van der Waals surface area contributed by atoms with Gasteiger partial charge in [0.1, 0.15) is 34.4 Å². The Morgan fingerprint density at radius 3 is 2.17 bits per heavy atom. The van der Waals surface area contributed by atoms with Crippen LogP contribution in [0.2, 0.25) is 0 Å². The summed E-state index contributed by atoms with van der Waals surface area (Å²) in [6, 6.07) is 23.4. The molecule has 0 radical (unpaired) electrons. The third-order valence-electron chi connectivity index (χ3n) is 9.55. The van der Waals surface area contributed by atoms with E-state index in [2.05, 4.69) is 26.1 Å². The van der Waals surface area contributed by atoms with Crippen molar-refractivity contribution in [3.8, 4) is 51.3 Å². The fraction of sp³-hybridized carbons (Fsp3) is 0.159. The van der Waals surface area contributed by atoms with E-state index in [1.54, 1.807) is 48.7 Å². The number of rotatable bonds is 6. The first-order valence-electron chi connectivity index (χ1n) is 18.0. The van der Waals surface area contributed by atoms with Crippen LogP contribution in [0.3, 0.4) is 0 Å². The minimum absolute atomic E-state index is 0.0267. The molecular formula is C44H34F4N9O2+. The summed E-state index contributed by atoms with van der Waals surface area (Å²) in [5.74, 6) is -2.20. The number of fused-ring (bicyclic) bond motifs is 2. The van der Waals surface area contributed by atoms with Crippen LogP contribution in [0.5, 0.6) is 0 Å². The highest BCUT2D eigenvalue weighted by Crippen LogP contribution is 2.34. The molecule has 0 saturated carbocycles. The van der Waals surface area contributed by atoms with Gasteiger partial charge in [0.2, 0.25) is 0 Å². The zero-order valence-electron chi connectivity index (χ0n) is 32.2. The number of benzene rings is 4. The van der Waals surface area contributed by atoms with E-state index in [9.17, 15) is 38.3 Å². The van der Waals surface area contributed by atoms with Gasteiger partial charge in [-0.2, -0.15) is 15.5 Å². The van der Waals surface area contributed by atoms with Crippen molar-refractivity contribution in [3.05, 3.63) is 155 Å². The van der Waals surface area contributed by atoms with Gasteiger partial charge in [-0.15, -0.1) is 4.68 Å². The molecule has 15 heteroatoms. The van der Waals surface area contributed by atoms with Gasteiger partial charge in [0.15, 0.2) is 17.7 Å². The summed E-state index contributed by atoms with van der Waals surface area (Å²) < 4.78 is 62.9. The number of hydrogen-bond acceptors (Lipinski definition) is 8. The molecule has 8 aromatic rings. The van der Waals surface area contributed by atoms with Gasteiger partial charge in [-0.3, -0.25) is 4.40 Å². The van der Waals surface area contributed by atoms with E-state index < -0.39 is 34.5 Å². The Labute approximate surface area is 335 Å². The first-order valence-corrected chi connectivity index (χ1v) is 18.0. The molecule has 0 aliphatic heterocycles. The molecule has 8 rings (SSSR count). The first kappa shape index (κ1) is 39.9. The predicted molar refractivity (Wildman–Crippen MR) is 208 cm³/mol. The zero-order valence-corrected chi connectivity index (χ0v) is 32.2. The van der Waals surface area contributed by atoms with E-state index in [0.717, 1.165) is 5.56 Å². The Bertz CT molecular complexity index is 3020. The molecule has 11 nitrogen and oxygen atoms in total. The van der Waals surface area contributed by atoms with Gasteiger partial charge in [-0.05, 0) is 111 Å². The summed E-state index contributed by atoms with van der Waals surface area (Å²) in [5.41, 5.74) is 1.58. The number of halogens is 4. The maximum Gasteiger partial charge on any atom is 0.370 e.